The molecular weight excluding hydrogens is 446 g/mol. The van der Waals surface area contributed by atoms with Gasteiger partial charge in [-0.2, -0.15) is 0 Å². The van der Waals surface area contributed by atoms with Crippen LogP contribution in [0.3, 0.4) is 0 Å². The highest BCUT2D eigenvalue weighted by atomic mass is 35.5. The normalized spacial score (nSPS) is 11.0. The smallest absolute Gasteiger partial charge is 0.272 e. The summed E-state index contributed by atoms with van der Waals surface area (Å²) in [7, 11) is 0. The van der Waals surface area contributed by atoms with Gasteiger partial charge < -0.3 is 16.4 Å². The average molecular weight is 466 g/mol. The first-order valence-electron chi connectivity index (χ1n) is 9.57. The fourth-order valence-corrected chi connectivity index (χ4v) is 3.59. The van der Waals surface area contributed by atoms with Crippen molar-refractivity contribution in [3.8, 4) is 0 Å². The number of carbonyl (C=O) groups is 3. The molecule has 6 nitrogen and oxygen atoms in total. The van der Waals surface area contributed by atoms with Crippen LogP contribution < -0.4 is 16.4 Å². The zero-order chi connectivity index (χ0) is 22.9. The van der Waals surface area contributed by atoms with Crippen LogP contribution >= 0.6 is 23.4 Å². The highest BCUT2D eigenvalue weighted by Crippen LogP contribution is 2.22. The highest BCUT2D eigenvalue weighted by molar-refractivity contribution is 8.00. The van der Waals surface area contributed by atoms with Crippen molar-refractivity contribution in [2.45, 2.75) is 4.90 Å². The monoisotopic (exact) mass is 465 g/mol. The summed E-state index contributed by atoms with van der Waals surface area (Å²) < 4.78 is 0. The van der Waals surface area contributed by atoms with Gasteiger partial charge in [-0.3, -0.25) is 14.4 Å². The Labute approximate surface area is 194 Å². The van der Waals surface area contributed by atoms with Crippen molar-refractivity contribution in [2.75, 3.05) is 11.1 Å². The van der Waals surface area contributed by atoms with E-state index in [-0.39, 0.29) is 11.4 Å². The summed E-state index contributed by atoms with van der Waals surface area (Å²) >= 11 is 7.50. The lowest BCUT2D eigenvalue weighted by Gasteiger charge is -2.12. The molecule has 0 saturated carbocycles. The summed E-state index contributed by atoms with van der Waals surface area (Å²) in [4.78, 5) is 37.5. The Morgan fingerprint density at radius 2 is 1.66 bits per heavy atom. The van der Waals surface area contributed by atoms with Gasteiger partial charge in [-0.05, 0) is 48.0 Å². The van der Waals surface area contributed by atoms with Crippen molar-refractivity contribution in [1.29, 1.82) is 0 Å². The number of primary amides is 1. The van der Waals surface area contributed by atoms with E-state index in [0.29, 0.717) is 21.8 Å². The van der Waals surface area contributed by atoms with Crippen molar-refractivity contribution in [3.05, 3.63) is 101 Å². The molecule has 3 aromatic rings. The highest BCUT2D eigenvalue weighted by Gasteiger charge is 2.16. The predicted molar refractivity (Wildman–Crippen MR) is 128 cm³/mol. The summed E-state index contributed by atoms with van der Waals surface area (Å²) in [6.07, 6.45) is 1.52. The van der Waals surface area contributed by atoms with Crippen LogP contribution in [0, 0.1) is 0 Å². The van der Waals surface area contributed by atoms with Crippen LogP contribution in [0.1, 0.15) is 15.9 Å². The van der Waals surface area contributed by atoms with E-state index in [1.54, 1.807) is 78.9 Å². The van der Waals surface area contributed by atoms with Crippen LogP contribution in [0.2, 0.25) is 5.02 Å². The number of carbonyl (C=O) groups excluding carboxylic acids is 3. The first-order chi connectivity index (χ1) is 15.4. The molecule has 8 heteroatoms. The minimum atomic E-state index is -0.522. The maximum atomic E-state index is 13.1. The molecule has 0 spiro atoms. The van der Waals surface area contributed by atoms with Gasteiger partial charge in [0, 0.05) is 21.2 Å². The van der Waals surface area contributed by atoms with Gasteiger partial charge in [0.1, 0.15) is 5.70 Å². The summed E-state index contributed by atoms with van der Waals surface area (Å²) in [5, 5.41) is 5.88. The number of halogens is 1. The lowest BCUT2D eigenvalue weighted by molar-refractivity contribution is -0.115. The van der Waals surface area contributed by atoms with Gasteiger partial charge in [-0.25, -0.2) is 0 Å². The molecule has 3 rings (SSSR count). The van der Waals surface area contributed by atoms with Gasteiger partial charge in [0.2, 0.25) is 5.91 Å². The van der Waals surface area contributed by atoms with E-state index in [1.165, 1.54) is 17.8 Å². The van der Waals surface area contributed by atoms with E-state index in [0.717, 1.165) is 4.90 Å². The molecule has 0 aliphatic heterocycles. The third-order valence-corrected chi connectivity index (χ3v) is 5.57. The largest absolute Gasteiger partial charge is 0.369 e. The lowest BCUT2D eigenvalue weighted by atomic mass is 10.1. The van der Waals surface area contributed by atoms with Gasteiger partial charge in [0.15, 0.2) is 0 Å². The predicted octanol–water partition coefficient (Wildman–Crippen LogP) is 4.33. The molecule has 3 amide bonds. The maximum absolute atomic E-state index is 13.1. The van der Waals surface area contributed by atoms with Crippen LogP contribution in [-0.2, 0) is 9.59 Å². The third-order valence-electron chi connectivity index (χ3n) is 4.21. The van der Waals surface area contributed by atoms with Crippen LogP contribution in [0.4, 0.5) is 5.69 Å². The molecule has 162 valence electrons. The molecule has 0 fully saturated rings. The molecule has 0 unspecified atom stereocenters. The van der Waals surface area contributed by atoms with Crippen LogP contribution in [0.15, 0.2) is 89.5 Å². The molecule has 0 aromatic heterocycles. The molecule has 3 aromatic carbocycles. The molecule has 0 saturated heterocycles. The fraction of sp³-hybridized carbons (Fsp3) is 0.0417. The number of thioether (sulfide) groups is 1. The molecule has 0 radical (unpaired) electrons. The number of anilines is 1. The topological polar surface area (TPSA) is 101 Å². The van der Waals surface area contributed by atoms with Crippen molar-refractivity contribution in [2.24, 2.45) is 5.73 Å². The molecule has 0 heterocycles. The van der Waals surface area contributed by atoms with Crippen LogP contribution in [0.25, 0.3) is 6.08 Å². The van der Waals surface area contributed by atoms with Crippen LogP contribution in [0.5, 0.6) is 0 Å². The average Bonchev–Trinajstić information content (AvgIpc) is 2.79. The second kappa shape index (κ2) is 11.2. The van der Waals surface area contributed by atoms with Gasteiger partial charge in [-0.1, -0.05) is 54.1 Å². The Kier molecular flexibility index (Phi) is 8.08. The van der Waals surface area contributed by atoms with Gasteiger partial charge in [-0.15, -0.1) is 11.8 Å². The van der Waals surface area contributed by atoms with Gasteiger partial charge in [0.05, 0.1) is 5.75 Å². The minimum Gasteiger partial charge on any atom is -0.369 e. The van der Waals surface area contributed by atoms with E-state index in [2.05, 4.69) is 10.6 Å². The number of nitrogens with one attached hydrogen (secondary N) is 2. The Morgan fingerprint density at radius 3 is 2.38 bits per heavy atom. The minimum absolute atomic E-state index is 0.0298. The van der Waals surface area contributed by atoms with E-state index in [9.17, 15) is 14.4 Å². The van der Waals surface area contributed by atoms with Crippen molar-refractivity contribution >= 4 is 52.8 Å². The number of rotatable bonds is 8. The molecule has 32 heavy (non-hydrogen) atoms. The molecule has 0 bridgehead atoms. The molecular formula is C24H20ClN3O3S. The van der Waals surface area contributed by atoms with Gasteiger partial charge >= 0.3 is 0 Å². The summed E-state index contributed by atoms with van der Waals surface area (Å²) in [6, 6.07) is 22.6. The second-order valence-corrected chi connectivity index (χ2v) is 8.09. The summed E-state index contributed by atoms with van der Waals surface area (Å²) in [5.74, 6) is -1.25. The van der Waals surface area contributed by atoms with Crippen LogP contribution in [-0.4, -0.2) is 23.5 Å². The van der Waals surface area contributed by atoms with Crippen molar-refractivity contribution in [1.82, 2.24) is 5.32 Å². The zero-order valence-electron chi connectivity index (χ0n) is 16.9. The SMILES string of the molecule is NC(=O)CSc1cccc(NC(=O)/C(=C/c2ccccc2Cl)NC(=O)c2ccccc2)c1. The molecule has 0 aliphatic rings. The lowest BCUT2D eigenvalue weighted by Crippen LogP contribution is -2.30. The standard InChI is InChI=1S/C24H20ClN3O3S/c25-20-12-5-4-9-17(20)13-21(28-23(30)16-7-2-1-3-8-16)24(31)27-18-10-6-11-19(14-18)32-15-22(26)29/h1-14H,15H2,(H2,26,29)(H,27,31)(H,28,30)/b21-13-. The Morgan fingerprint density at radius 1 is 0.938 bits per heavy atom. The van der Waals surface area contributed by atoms with E-state index >= 15 is 0 Å². The Bertz CT molecular complexity index is 1170. The number of hydrogen-bond donors (Lipinski definition) is 3. The number of nitrogens with two attached hydrogens (primary N) is 1. The van der Waals surface area contributed by atoms with Crippen molar-refractivity contribution in [3.63, 3.8) is 0 Å². The first-order valence-corrected chi connectivity index (χ1v) is 10.9. The Balaban J connectivity index is 1.85. The first kappa shape index (κ1) is 23.1. The van der Waals surface area contributed by atoms with E-state index < -0.39 is 17.7 Å². The number of hydrogen-bond acceptors (Lipinski definition) is 4. The zero-order valence-corrected chi connectivity index (χ0v) is 18.5. The molecule has 0 atom stereocenters. The quantitative estimate of drug-likeness (QED) is 0.340. The molecule has 4 N–H and O–H groups in total. The maximum Gasteiger partial charge on any atom is 0.272 e. The summed E-state index contributed by atoms with van der Waals surface area (Å²) in [5.41, 5.74) is 6.72. The van der Waals surface area contributed by atoms with Gasteiger partial charge in [0.25, 0.3) is 11.8 Å². The van der Waals surface area contributed by atoms with E-state index in [1.807, 2.05) is 0 Å². The fourth-order valence-electron chi connectivity index (χ4n) is 2.71. The van der Waals surface area contributed by atoms with E-state index in [4.69, 9.17) is 17.3 Å². The number of benzene rings is 3. The Hall–Kier alpha value is -3.55. The third kappa shape index (κ3) is 6.73. The van der Waals surface area contributed by atoms with Crippen molar-refractivity contribution < 1.29 is 14.4 Å². The number of amides is 3. The molecule has 0 aliphatic carbocycles. The summed E-state index contributed by atoms with van der Waals surface area (Å²) in [6.45, 7) is 0. The second-order valence-electron chi connectivity index (χ2n) is 6.64.